The van der Waals surface area contributed by atoms with E-state index in [0.717, 1.165) is 12.1 Å². The third kappa shape index (κ3) is 3.07. The molecule has 0 amide bonds. The highest BCUT2D eigenvalue weighted by atomic mass is 19.1. The van der Waals surface area contributed by atoms with Crippen LogP contribution in [0.25, 0.3) is 0 Å². The maximum atomic E-state index is 13.6. The smallest absolute Gasteiger partial charge is 0.340 e. The van der Waals surface area contributed by atoms with E-state index >= 15 is 0 Å². The fourth-order valence-electron chi connectivity index (χ4n) is 1.84. The summed E-state index contributed by atoms with van der Waals surface area (Å²) in [6.07, 6.45) is 2.52. The lowest BCUT2D eigenvalue weighted by molar-refractivity contribution is 0.0595. The van der Waals surface area contributed by atoms with Crippen LogP contribution in [-0.4, -0.2) is 19.6 Å². The van der Waals surface area contributed by atoms with Gasteiger partial charge >= 0.3 is 5.97 Å². The molecule has 1 aromatic carbocycles. The minimum Gasteiger partial charge on any atom is -0.465 e. The summed E-state index contributed by atoms with van der Waals surface area (Å²) in [6.45, 7) is 3.81. The Morgan fingerprint density at radius 2 is 2.22 bits per heavy atom. The van der Waals surface area contributed by atoms with Gasteiger partial charge in [-0.15, -0.1) is 0 Å². The van der Waals surface area contributed by atoms with Crippen molar-refractivity contribution in [3.63, 3.8) is 0 Å². The van der Waals surface area contributed by atoms with Crippen LogP contribution in [0, 0.1) is 11.2 Å². The Labute approximate surface area is 106 Å². The largest absolute Gasteiger partial charge is 0.465 e. The Kier molecular flexibility index (Phi) is 3.66. The molecule has 0 atom stereocenters. The van der Waals surface area contributed by atoms with E-state index in [1.54, 1.807) is 6.07 Å². The number of carbonyl (C=O) groups is 1. The molecule has 0 spiro atoms. The summed E-state index contributed by atoms with van der Waals surface area (Å²) in [5.74, 6) is -1.17. The molecule has 3 nitrogen and oxygen atoms in total. The van der Waals surface area contributed by atoms with Gasteiger partial charge in [0, 0.05) is 13.1 Å². The van der Waals surface area contributed by atoms with E-state index in [4.69, 9.17) is 0 Å². The molecule has 1 N–H and O–H groups in total. The first kappa shape index (κ1) is 13.0. The molecule has 0 unspecified atom stereocenters. The van der Waals surface area contributed by atoms with E-state index in [-0.39, 0.29) is 5.56 Å². The Bertz CT molecular complexity index is 455. The van der Waals surface area contributed by atoms with Crippen LogP contribution in [0.4, 0.5) is 4.39 Å². The Hall–Kier alpha value is -1.42. The van der Waals surface area contributed by atoms with Crippen LogP contribution in [0.15, 0.2) is 18.2 Å². The van der Waals surface area contributed by atoms with Gasteiger partial charge < -0.3 is 10.1 Å². The van der Waals surface area contributed by atoms with Crippen LogP contribution in [0.3, 0.4) is 0 Å². The molecule has 1 aliphatic carbocycles. The van der Waals surface area contributed by atoms with Gasteiger partial charge in [-0.3, -0.25) is 0 Å². The lowest BCUT2D eigenvalue weighted by Crippen LogP contribution is -2.21. The minimum atomic E-state index is -0.641. The molecule has 18 heavy (non-hydrogen) atoms. The molecule has 0 saturated heterocycles. The topological polar surface area (TPSA) is 38.3 Å². The summed E-state index contributed by atoms with van der Waals surface area (Å²) in [6, 6.07) is 4.60. The predicted molar refractivity (Wildman–Crippen MR) is 66.8 cm³/mol. The number of benzene rings is 1. The summed E-state index contributed by atoms with van der Waals surface area (Å²) < 4.78 is 18.1. The molecule has 0 heterocycles. The summed E-state index contributed by atoms with van der Waals surface area (Å²) in [5.41, 5.74) is 1.25. The van der Waals surface area contributed by atoms with E-state index < -0.39 is 11.8 Å². The van der Waals surface area contributed by atoms with Crippen molar-refractivity contribution in [2.75, 3.05) is 13.7 Å². The van der Waals surface area contributed by atoms with Crippen LogP contribution >= 0.6 is 0 Å². The highest BCUT2D eigenvalue weighted by Crippen LogP contribution is 2.44. The van der Waals surface area contributed by atoms with Crippen LogP contribution in [0.5, 0.6) is 0 Å². The van der Waals surface area contributed by atoms with E-state index in [0.29, 0.717) is 12.0 Å². The molecule has 0 aromatic heterocycles. The van der Waals surface area contributed by atoms with Crippen LogP contribution < -0.4 is 5.32 Å². The van der Waals surface area contributed by atoms with Gasteiger partial charge in [0.15, 0.2) is 0 Å². The van der Waals surface area contributed by atoms with Crippen LogP contribution in [0.2, 0.25) is 0 Å². The minimum absolute atomic E-state index is 0.0181. The molecule has 98 valence electrons. The van der Waals surface area contributed by atoms with E-state index in [9.17, 15) is 9.18 Å². The number of hydrogen-bond donors (Lipinski definition) is 1. The number of ether oxygens (including phenoxy) is 1. The maximum Gasteiger partial charge on any atom is 0.340 e. The first-order valence-electron chi connectivity index (χ1n) is 6.11. The van der Waals surface area contributed by atoms with Gasteiger partial charge in [0.25, 0.3) is 0 Å². The second kappa shape index (κ2) is 5.06. The van der Waals surface area contributed by atoms with Gasteiger partial charge in [-0.05, 0) is 36.0 Å². The Balaban J connectivity index is 1.93. The SMILES string of the molecule is COC(=O)c1ccc(CNCC2(C)CC2)cc1F. The average molecular weight is 251 g/mol. The number of carbonyl (C=O) groups excluding carboxylic acids is 1. The van der Waals surface area contributed by atoms with E-state index in [1.165, 1.54) is 32.1 Å². The molecule has 0 bridgehead atoms. The second-order valence-electron chi connectivity index (χ2n) is 5.22. The lowest BCUT2D eigenvalue weighted by Gasteiger charge is -2.10. The second-order valence-corrected chi connectivity index (χ2v) is 5.22. The zero-order valence-corrected chi connectivity index (χ0v) is 10.8. The van der Waals surface area contributed by atoms with Crippen molar-refractivity contribution in [3.8, 4) is 0 Å². The van der Waals surface area contributed by atoms with Crippen molar-refractivity contribution >= 4 is 5.97 Å². The summed E-state index contributed by atoms with van der Waals surface area (Å²) >= 11 is 0. The quantitative estimate of drug-likeness (QED) is 0.817. The molecular weight excluding hydrogens is 233 g/mol. The maximum absolute atomic E-state index is 13.6. The highest BCUT2D eigenvalue weighted by molar-refractivity contribution is 5.89. The van der Waals surface area contributed by atoms with Gasteiger partial charge in [0.05, 0.1) is 12.7 Å². The van der Waals surface area contributed by atoms with Gasteiger partial charge in [0.1, 0.15) is 5.82 Å². The van der Waals surface area contributed by atoms with E-state index in [1.807, 2.05) is 0 Å². The molecule has 4 heteroatoms. The first-order chi connectivity index (χ1) is 8.54. The monoisotopic (exact) mass is 251 g/mol. The number of esters is 1. The van der Waals surface area contributed by atoms with Crippen LogP contribution in [-0.2, 0) is 11.3 Å². The van der Waals surface area contributed by atoms with Gasteiger partial charge in [-0.1, -0.05) is 13.0 Å². The molecule has 2 rings (SSSR count). The molecule has 0 aliphatic heterocycles. The number of hydrogen-bond acceptors (Lipinski definition) is 3. The molecule has 1 aromatic rings. The standard InChI is InChI=1S/C14H18FNO2/c1-14(5-6-14)9-16-8-10-3-4-11(12(15)7-10)13(17)18-2/h3-4,7,16H,5-6,8-9H2,1-2H3. The van der Waals surface area contributed by atoms with Crippen molar-refractivity contribution in [2.45, 2.75) is 26.3 Å². The number of halogens is 1. The van der Waals surface area contributed by atoms with Crippen LogP contribution in [0.1, 0.15) is 35.7 Å². The van der Waals surface area contributed by atoms with E-state index in [2.05, 4.69) is 17.0 Å². The van der Waals surface area contributed by atoms with Crippen molar-refractivity contribution < 1.29 is 13.9 Å². The highest BCUT2D eigenvalue weighted by Gasteiger charge is 2.36. The molecule has 1 aliphatic rings. The molecule has 1 fully saturated rings. The Morgan fingerprint density at radius 3 is 2.78 bits per heavy atom. The van der Waals surface area contributed by atoms with Crippen molar-refractivity contribution in [1.29, 1.82) is 0 Å². The fourth-order valence-corrected chi connectivity index (χ4v) is 1.84. The predicted octanol–water partition coefficient (Wildman–Crippen LogP) is 2.50. The third-order valence-corrected chi connectivity index (χ3v) is 3.42. The lowest BCUT2D eigenvalue weighted by atomic mass is 10.1. The van der Waals surface area contributed by atoms with Gasteiger partial charge in [-0.25, -0.2) is 9.18 Å². The zero-order valence-electron chi connectivity index (χ0n) is 10.8. The normalized spacial score (nSPS) is 16.4. The van der Waals surface area contributed by atoms with Gasteiger partial charge in [0.2, 0.25) is 0 Å². The zero-order chi connectivity index (χ0) is 13.2. The third-order valence-electron chi connectivity index (χ3n) is 3.42. The fraction of sp³-hybridized carbons (Fsp3) is 0.500. The van der Waals surface area contributed by atoms with Crippen molar-refractivity contribution in [1.82, 2.24) is 5.32 Å². The number of rotatable bonds is 5. The Morgan fingerprint density at radius 1 is 1.50 bits per heavy atom. The van der Waals surface area contributed by atoms with Crippen molar-refractivity contribution in [2.24, 2.45) is 5.41 Å². The number of methoxy groups -OCH3 is 1. The average Bonchev–Trinajstić information content (AvgIpc) is 3.07. The van der Waals surface area contributed by atoms with Crippen molar-refractivity contribution in [3.05, 3.63) is 35.1 Å². The summed E-state index contributed by atoms with van der Waals surface area (Å²) in [5, 5.41) is 3.31. The molecule has 0 radical (unpaired) electrons. The van der Waals surface area contributed by atoms with Gasteiger partial charge in [-0.2, -0.15) is 0 Å². The molecule has 1 saturated carbocycles. The number of nitrogens with one attached hydrogen (secondary N) is 1. The summed E-state index contributed by atoms with van der Waals surface area (Å²) in [4.78, 5) is 11.2. The first-order valence-corrected chi connectivity index (χ1v) is 6.11. The summed E-state index contributed by atoms with van der Waals surface area (Å²) in [7, 11) is 1.24. The molecular formula is C14H18FNO2.